The van der Waals surface area contributed by atoms with E-state index in [0.717, 1.165) is 31.2 Å². The molecule has 1 aliphatic heterocycles. The molecule has 1 saturated heterocycles. The van der Waals surface area contributed by atoms with Crippen molar-refractivity contribution in [2.24, 2.45) is 5.92 Å². The van der Waals surface area contributed by atoms with Gasteiger partial charge in [-0.05, 0) is 73.9 Å². The number of hydrogen-bond acceptors (Lipinski definition) is 6. The molecule has 0 unspecified atom stereocenters. The standard InChI is InChI=1S/C26H28N4O4S/c31-23-7-3-6-21(14-23)25-27-16-22(17-28-25)29-26(32)19-10-12-30(13-11-19)35(33,34)24-9-8-18-4-1-2-5-20(18)15-24/h3,6-9,14-17,19,31H,1-2,4-5,10-13H2,(H,29,32). The van der Waals surface area contributed by atoms with Crippen molar-refractivity contribution in [3.8, 4) is 17.1 Å². The van der Waals surface area contributed by atoms with Gasteiger partial charge in [0, 0.05) is 24.6 Å². The zero-order valence-electron chi connectivity index (χ0n) is 19.4. The number of carbonyl (C=O) groups is 1. The van der Waals surface area contributed by atoms with Crippen LogP contribution in [0.3, 0.4) is 0 Å². The van der Waals surface area contributed by atoms with Crippen LogP contribution in [0.2, 0.25) is 0 Å². The Kier molecular flexibility index (Phi) is 6.53. The summed E-state index contributed by atoms with van der Waals surface area (Å²) in [5.41, 5.74) is 3.55. The third-order valence-corrected chi connectivity index (χ3v) is 8.70. The van der Waals surface area contributed by atoms with Gasteiger partial charge in [0.1, 0.15) is 5.75 Å². The first-order valence-electron chi connectivity index (χ1n) is 11.9. The molecule has 35 heavy (non-hydrogen) atoms. The zero-order valence-corrected chi connectivity index (χ0v) is 20.2. The van der Waals surface area contributed by atoms with Gasteiger partial charge in [0.2, 0.25) is 15.9 Å². The number of fused-ring (bicyclic) bond motifs is 1. The maximum absolute atomic E-state index is 13.2. The number of phenolic OH excluding ortho intramolecular Hbond substituents is 1. The number of aromatic hydroxyl groups is 1. The van der Waals surface area contributed by atoms with Crippen molar-refractivity contribution in [3.05, 3.63) is 66.0 Å². The molecule has 0 radical (unpaired) electrons. The van der Waals surface area contributed by atoms with Crippen molar-refractivity contribution in [1.29, 1.82) is 0 Å². The van der Waals surface area contributed by atoms with Crippen LogP contribution in [-0.4, -0.2) is 46.8 Å². The molecular formula is C26H28N4O4S. The summed E-state index contributed by atoms with van der Waals surface area (Å²) in [5, 5.41) is 12.5. The summed E-state index contributed by atoms with van der Waals surface area (Å²) in [5.74, 6) is 0.128. The molecule has 1 aromatic heterocycles. The summed E-state index contributed by atoms with van der Waals surface area (Å²) in [4.78, 5) is 21.7. The lowest BCUT2D eigenvalue weighted by Gasteiger charge is -2.31. The van der Waals surface area contributed by atoms with E-state index < -0.39 is 10.0 Å². The van der Waals surface area contributed by atoms with E-state index in [1.54, 1.807) is 30.3 Å². The number of sulfonamides is 1. The zero-order chi connectivity index (χ0) is 24.4. The van der Waals surface area contributed by atoms with Crippen LogP contribution < -0.4 is 5.32 Å². The molecule has 0 bridgehead atoms. The molecule has 0 saturated carbocycles. The Bertz CT molecular complexity index is 1330. The third-order valence-electron chi connectivity index (χ3n) is 6.81. The number of nitrogens with one attached hydrogen (secondary N) is 1. The van der Waals surface area contributed by atoms with E-state index in [4.69, 9.17) is 0 Å². The van der Waals surface area contributed by atoms with E-state index in [1.165, 1.54) is 22.3 Å². The fraction of sp³-hybridized carbons (Fsp3) is 0.346. The van der Waals surface area contributed by atoms with Crippen LogP contribution in [0.15, 0.2) is 59.8 Å². The van der Waals surface area contributed by atoms with Gasteiger partial charge >= 0.3 is 0 Å². The van der Waals surface area contributed by atoms with Crippen molar-refractivity contribution in [2.75, 3.05) is 18.4 Å². The Morgan fingerprint density at radius 1 is 0.971 bits per heavy atom. The molecule has 182 valence electrons. The van der Waals surface area contributed by atoms with Gasteiger partial charge in [-0.1, -0.05) is 18.2 Å². The van der Waals surface area contributed by atoms with Gasteiger partial charge in [-0.2, -0.15) is 4.31 Å². The fourth-order valence-corrected chi connectivity index (χ4v) is 6.33. The van der Waals surface area contributed by atoms with E-state index in [-0.39, 0.29) is 17.6 Å². The number of nitrogens with zero attached hydrogens (tertiary/aromatic N) is 3. The number of rotatable bonds is 5. The lowest BCUT2D eigenvalue weighted by Crippen LogP contribution is -2.41. The van der Waals surface area contributed by atoms with Gasteiger partial charge in [-0.25, -0.2) is 18.4 Å². The van der Waals surface area contributed by atoms with Gasteiger partial charge in [0.05, 0.1) is 23.0 Å². The molecule has 2 heterocycles. The number of hydrogen-bond donors (Lipinski definition) is 2. The van der Waals surface area contributed by atoms with E-state index in [1.807, 2.05) is 12.1 Å². The Hall–Kier alpha value is -3.30. The van der Waals surface area contributed by atoms with Crippen molar-refractivity contribution in [1.82, 2.24) is 14.3 Å². The lowest BCUT2D eigenvalue weighted by molar-refractivity contribution is -0.120. The van der Waals surface area contributed by atoms with Gasteiger partial charge in [0.25, 0.3) is 0 Å². The molecule has 1 aliphatic carbocycles. The second-order valence-electron chi connectivity index (χ2n) is 9.15. The summed E-state index contributed by atoms with van der Waals surface area (Å²) in [6, 6.07) is 12.2. The van der Waals surface area contributed by atoms with E-state index >= 15 is 0 Å². The molecule has 0 atom stereocenters. The summed E-state index contributed by atoms with van der Waals surface area (Å²) < 4.78 is 27.9. The SMILES string of the molecule is O=C(Nc1cnc(-c2cccc(O)c2)nc1)C1CCN(S(=O)(=O)c2ccc3c(c2)CCCC3)CC1. The molecular weight excluding hydrogens is 464 g/mol. The predicted molar refractivity (Wildman–Crippen MR) is 132 cm³/mol. The first kappa shape index (κ1) is 23.4. The number of phenols is 1. The highest BCUT2D eigenvalue weighted by Crippen LogP contribution is 2.29. The normalized spacial score (nSPS) is 17.0. The second kappa shape index (κ2) is 9.75. The maximum atomic E-state index is 13.2. The van der Waals surface area contributed by atoms with Gasteiger partial charge < -0.3 is 10.4 Å². The van der Waals surface area contributed by atoms with Crippen molar-refractivity contribution in [3.63, 3.8) is 0 Å². The minimum Gasteiger partial charge on any atom is -0.508 e. The van der Waals surface area contributed by atoms with Gasteiger partial charge in [-0.15, -0.1) is 0 Å². The smallest absolute Gasteiger partial charge is 0.243 e. The number of aryl methyl sites for hydroxylation is 2. The minimum atomic E-state index is -3.57. The molecule has 5 rings (SSSR count). The average Bonchev–Trinajstić information content (AvgIpc) is 2.89. The largest absolute Gasteiger partial charge is 0.508 e. The van der Waals surface area contributed by atoms with Crippen LogP contribution in [0, 0.1) is 5.92 Å². The average molecular weight is 493 g/mol. The summed E-state index contributed by atoms with van der Waals surface area (Å²) in [7, 11) is -3.57. The molecule has 2 N–H and O–H groups in total. The third kappa shape index (κ3) is 5.06. The fourth-order valence-electron chi connectivity index (χ4n) is 4.81. The first-order valence-corrected chi connectivity index (χ1v) is 13.4. The molecule has 9 heteroatoms. The summed E-state index contributed by atoms with van der Waals surface area (Å²) in [6.45, 7) is 0.620. The second-order valence-corrected chi connectivity index (χ2v) is 11.1. The number of anilines is 1. The highest BCUT2D eigenvalue weighted by Gasteiger charge is 2.32. The number of carbonyl (C=O) groups excluding carboxylic acids is 1. The maximum Gasteiger partial charge on any atom is 0.243 e. The van der Waals surface area contributed by atoms with Gasteiger partial charge in [0.15, 0.2) is 5.82 Å². The molecule has 0 spiro atoms. The molecule has 3 aromatic rings. The number of piperidine rings is 1. The van der Waals surface area contributed by atoms with Crippen molar-refractivity contribution in [2.45, 2.75) is 43.4 Å². The highest BCUT2D eigenvalue weighted by molar-refractivity contribution is 7.89. The Morgan fingerprint density at radius 3 is 2.40 bits per heavy atom. The van der Waals surface area contributed by atoms with Crippen LogP contribution in [0.1, 0.15) is 36.8 Å². The van der Waals surface area contributed by atoms with E-state index in [9.17, 15) is 18.3 Å². The predicted octanol–water partition coefficient (Wildman–Crippen LogP) is 3.77. The number of aromatic nitrogens is 2. The lowest BCUT2D eigenvalue weighted by atomic mass is 9.92. The quantitative estimate of drug-likeness (QED) is 0.561. The molecule has 1 amide bonds. The summed E-state index contributed by atoms with van der Waals surface area (Å²) in [6.07, 6.45) is 8.17. The van der Waals surface area contributed by atoms with E-state index in [2.05, 4.69) is 15.3 Å². The Labute approximate surface area is 205 Å². The Morgan fingerprint density at radius 2 is 1.69 bits per heavy atom. The van der Waals surface area contributed by atoms with E-state index in [0.29, 0.717) is 47.9 Å². The Balaban J connectivity index is 1.19. The van der Waals surface area contributed by atoms with Crippen LogP contribution in [0.4, 0.5) is 5.69 Å². The topological polar surface area (TPSA) is 112 Å². The summed E-state index contributed by atoms with van der Waals surface area (Å²) >= 11 is 0. The molecule has 2 aromatic carbocycles. The van der Waals surface area contributed by atoms with Crippen LogP contribution in [0.5, 0.6) is 5.75 Å². The molecule has 1 fully saturated rings. The van der Waals surface area contributed by atoms with Crippen LogP contribution in [-0.2, 0) is 27.7 Å². The monoisotopic (exact) mass is 492 g/mol. The number of amides is 1. The van der Waals surface area contributed by atoms with Crippen molar-refractivity contribution >= 4 is 21.6 Å². The number of benzene rings is 2. The van der Waals surface area contributed by atoms with Crippen LogP contribution in [0.25, 0.3) is 11.4 Å². The van der Waals surface area contributed by atoms with Crippen molar-refractivity contribution < 1.29 is 18.3 Å². The minimum absolute atomic E-state index is 0.128. The molecule has 2 aliphatic rings. The molecule has 8 nitrogen and oxygen atoms in total. The van der Waals surface area contributed by atoms with Gasteiger partial charge in [-0.3, -0.25) is 4.79 Å². The van der Waals surface area contributed by atoms with Crippen LogP contribution >= 0.6 is 0 Å². The highest BCUT2D eigenvalue weighted by atomic mass is 32.2. The first-order chi connectivity index (χ1) is 16.9.